The molecule has 1 heterocycles. The lowest BCUT2D eigenvalue weighted by atomic mass is 10.4. The minimum atomic E-state index is -0.241. The first-order valence-corrected chi connectivity index (χ1v) is 4.05. The summed E-state index contributed by atoms with van der Waals surface area (Å²) in [7, 11) is 0. The summed E-state index contributed by atoms with van der Waals surface area (Å²) in [5, 5.41) is 2.55. The van der Waals surface area contributed by atoms with Crippen molar-refractivity contribution in [3.8, 4) is 0 Å². The summed E-state index contributed by atoms with van der Waals surface area (Å²) in [6.45, 7) is 1.86. The van der Waals surface area contributed by atoms with E-state index in [1.54, 1.807) is 6.07 Å². The lowest BCUT2D eigenvalue weighted by molar-refractivity contribution is -0.113. The first-order valence-electron chi connectivity index (χ1n) is 3.52. The highest BCUT2D eigenvalue weighted by atomic mass is 35.5. The van der Waals surface area contributed by atoms with Crippen LogP contribution in [0, 0.1) is 6.92 Å². The SMILES string of the molecule is Cc1cccc(NC(=O)CCl)n1. The number of hydrogen-bond donors (Lipinski definition) is 1. The number of aryl methyl sites for hydroxylation is 1. The minimum absolute atomic E-state index is 0.0460. The molecule has 0 unspecified atom stereocenters. The molecule has 0 aliphatic carbocycles. The van der Waals surface area contributed by atoms with Crippen molar-refractivity contribution in [3.63, 3.8) is 0 Å². The topological polar surface area (TPSA) is 42.0 Å². The van der Waals surface area contributed by atoms with Crippen LogP contribution < -0.4 is 5.32 Å². The van der Waals surface area contributed by atoms with Gasteiger partial charge in [0.15, 0.2) is 0 Å². The van der Waals surface area contributed by atoms with E-state index in [9.17, 15) is 4.79 Å². The lowest BCUT2D eigenvalue weighted by Gasteiger charge is -2.01. The molecule has 0 spiro atoms. The molecular weight excluding hydrogens is 176 g/mol. The summed E-state index contributed by atoms with van der Waals surface area (Å²) in [6, 6.07) is 5.40. The van der Waals surface area contributed by atoms with E-state index >= 15 is 0 Å². The van der Waals surface area contributed by atoms with Gasteiger partial charge in [-0.15, -0.1) is 11.6 Å². The molecule has 1 N–H and O–H groups in total. The van der Waals surface area contributed by atoms with Crippen LogP contribution in [0.15, 0.2) is 18.2 Å². The molecule has 0 aliphatic rings. The Balaban J connectivity index is 2.69. The number of halogens is 1. The molecule has 3 nitrogen and oxygen atoms in total. The fourth-order valence-electron chi connectivity index (χ4n) is 0.789. The van der Waals surface area contributed by atoms with Crippen molar-refractivity contribution < 1.29 is 4.79 Å². The maximum Gasteiger partial charge on any atom is 0.240 e. The zero-order valence-corrected chi connectivity index (χ0v) is 7.43. The highest BCUT2D eigenvalue weighted by molar-refractivity contribution is 6.28. The van der Waals surface area contributed by atoms with Gasteiger partial charge < -0.3 is 5.32 Å². The second-order valence-electron chi connectivity index (χ2n) is 2.35. The Morgan fingerprint density at radius 2 is 2.42 bits per heavy atom. The van der Waals surface area contributed by atoms with Crippen molar-refractivity contribution in [3.05, 3.63) is 23.9 Å². The molecule has 1 aromatic heterocycles. The Kier molecular flexibility index (Phi) is 3.05. The number of hydrogen-bond acceptors (Lipinski definition) is 2. The third kappa shape index (κ3) is 2.51. The summed E-state index contributed by atoms with van der Waals surface area (Å²) in [4.78, 5) is 14.9. The number of nitrogens with zero attached hydrogens (tertiary/aromatic N) is 1. The van der Waals surface area contributed by atoms with Crippen LogP contribution in [0.3, 0.4) is 0 Å². The average Bonchev–Trinajstić information content (AvgIpc) is 2.04. The second-order valence-corrected chi connectivity index (χ2v) is 2.61. The molecule has 0 aromatic carbocycles. The van der Waals surface area contributed by atoms with Gasteiger partial charge in [-0.3, -0.25) is 4.79 Å². The quantitative estimate of drug-likeness (QED) is 0.709. The van der Waals surface area contributed by atoms with Gasteiger partial charge in [-0.25, -0.2) is 4.98 Å². The molecule has 0 saturated carbocycles. The highest BCUT2D eigenvalue weighted by Crippen LogP contribution is 2.03. The van der Waals surface area contributed by atoms with E-state index in [1.165, 1.54) is 0 Å². The predicted molar refractivity (Wildman–Crippen MR) is 48.3 cm³/mol. The van der Waals surface area contributed by atoms with E-state index in [-0.39, 0.29) is 11.8 Å². The summed E-state index contributed by atoms with van der Waals surface area (Å²) in [6.07, 6.45) is 0. The molecule has 1 amide bonds. The number of carbonyl (C=O) groups excluding carboxylic acids is 1. The lowest BCUT2D eigenvalue weighted by Crippen LogP contribution is -2.13. The Morgan fingerprint density at radius 1 is 1.67 bits per heavy atom. The van der Waals surface area contributed by atoms with Gasteiger partial charge in [-0.2, -0.15) is 0 Å². The molecule has 64 valence electrons. The Hall–Kier alpha value is -1.09. The van der Waals surface area contributed by atoms with Crippen LogP contribution in [0.4, 0.5) is 5.82 Å². The molecule has 0 atom stereocenters. The van der Waals surface area contributed by atoms with E-state index in [4.69, 9.17) is 11.6 Å². The largest absolute Gasteiger partial charge is 0.310 e. The number of alkyl halides is 1. The highest BCUT2D eigenvalue weighted by Gasteiger charge is 1.99. The summed E-state index contributed by atoms with van der Waals surface area (Å²) >= 11 is 5.30. The van der Waals surface area contributed by atoms with Gasteiger partial charge in [0.25, 0.3) is 0 Å². The molecule has 0 saturated heterocycles. The van der Waals surface area contributed by atoms with E-state index in [2.05, 4.69) is 10.3 Å². The molecule has 0 bridgehead atoms. The Labute approximate surface area is 75.8 Å². The average molecular weight is 185 g/mol. The maximum absolute atomic E-state index is 10.8. The predicted octanol–water partition coefficient (Wildman–Crippen LogP) is 1.57. The van der Waals surface area contributed by atoms with Crippen LogP contribution in [-0.2, 0) is 4.79 Å². The summed E-state index contributed by atoms with van der Waals surface area (Å²) < 4.78 is 0. The van der Waals surface area contributed by atoms with Crippen LogP contribution in [0.2, 0.25) is 0 Å². The molecule has 4 heteroatoms. The Morgan fingerprint density at radius 3 is 3.00 bits per heavy atom. The van der Waals surface area contributed by atoms with E-state index < -0.39 is 0 Å². The number of carbonyl (C=O) groups is 1. The van der Waals surface area contributed by atoms with Gasteiger partial charge in [0.05, 0.1) is 0 Å². The van der Waals surface area contributed by atoms with E-state index in [0.29, 0.717) is 5.82 Å². The maximum atomic E-state index is 10.8. The number of nitrogens with one attached hydrogen (secondary N) is 1. The van der Waals surface area contributed by atoms with Gasteiger partial charge in [0.2, 0.25) is 5.91 Å². The number of aromatic nitrogens is 1. The standard InChI is InChI=1S/C8H9ClN2O/c1-6-3-2-4-7(10-6)11-8(12)5-9/h2-4H,5H2,1H3,(H,10,11,12). The number of amides is 1. The van der Waals surface area contributed by atoms with Gasteiger partial charge in [-0.05, 0) is 19.1 Å². The van der Waals surface area contributed by atoms with Gasteiger partial charge >= 0.3 is 0 Å². The first-order chi connectivity index (χ1) is 5.72. The fourth-order valence-corrected chi connectivity index (χ4v) is 0.856. The smallest absolute Gasteiger partial charge is 0.240 e. The molecule has 0 aliphatic heterocycles. The Bertz CT molecular complexity index is 288. The normalized spacial score (nSPS) is 9.50. The van der Waals surface area contributed by atoms with Crippen molar-refractivity contribution in [2.75, 3.05) is 11.2 Å². The van der Waals surface area contributed by atoms with Gasteiger partial charge in [0, 0.05) is 5.69 Å². The van der Waals surface area contributed by atoms with Crippen LogP contribution in [0.25, 0.3) is 0 Å². The minimum Gasteiger partial charge on any atom is -0.310 e. The van der Waals surface area contributed by atoms with E-state index in [1.807, 2.05) is 19.1 Å². The summed E-state index contributed by atoms with van der Waals surface area (Å²) in [5.74, 6) is 0.255. The first kappa shape index (κ1) is 9.00. The van der Waals surface area contributed by atoms with Crippen molar-refractivity contribution >= 4 is 23.3 Å². The number of anilines is 1. The monoisotopic (exact) mass is 184 g/mol. The van der Waals surface area contributed by atoms with Crippen molar-refractivity contribution in [1.82, 2.24) is 4.98 Å². The van der Waals surface area contributed by atoms with Gasteiger partial charge in [-0.1, -0.05) is 6.07 Å². The molecular formula is C8H9ClN2O. The number of pyridine rings is 1. The third-order valence-electron chi connectivity index (χ3n) is 1.28. The van der Waals surface area contributed by atoms with Crippen LogP contribution >= 0.6 is 11.6 Å². The second kappa shape index (κ2) is 4.07. The zero-order valence-electron chi connectivity index (χ0n) is 6.67. The third-order valence-corrected chi connectivity index (χ3v) is 1.52. The van der Waals surface area contributed by atoms with Crippen LogP contribution in [0.5, 0.6) is 0 Å². The van der Waals surface area contributed by atoms with Crippen LogP contribution in [0.1, 0.15) is 5.69 Å². The molecule has 0 radical (unpaired) electrons. The molecule has 12 heavy (non-hydrogen) atoms. The van der Waals surface area contributed by atoms with Crippen molar-refractivity contribution in [2.24, 2.45) is 0 Å². The summed E-state index contributed by atoms with van der Waals surface area (Å²) in [5.41, 5.74) is 0.863. The van der Waals surface area contributed by atoms with Gasteiger partial charge in [0.1, 0.15) is 11.7 Å². The van der Waals surface area contributed by atoms with Crippen LogP contribution in [-0.4, -0.2) is 16.8 Å². The zero-order chi connectivity index (χ0) is 8.97. The molecule has 1 rings (SSSR count). The molecule has 1 aromatic rings. The van der Waals surface area contributed by atoms with Crippen molar-refractivity contribution in [2.45, 2.75) is 6.92 Å². The number of rotatable bonds is 2. The van der Waals surface area contributed by atoms with Crippen molar-refractivity contribution in [1.29, 1.82) is 0 Å². The fraction of sp³-hybridized carbons (Fsp3) is 0.250. The molecule has 0 fully saturated rings. The van der Waals surface area contributed by atoms with E-state index in [0.717, 1.165) is 5.69 Å².